The number of carboxylic acid groups (broad SMARTS) is 1. The fourth-order valence-corrected chi connectivity index (χ4v) is 3.73. The molecule has 8 heteroatoms. The quantitative estimate of drug-likeness (QED) is 0.602. The van der Waals surface area contributed by atoms with E-state index in [-0.39, 0.29) is 11.8 Å². The first-order valence-electron chi connectivity index (χ1n) is 8.56. The molecule has 2 rings (SSSR count). The second-order valence-electron chi connectivity index (χ2n) is 6.21. The number of rotatable bonds is 9. The van der Waals surface area contributed by atoms with Gasteiger partial charge in [0.05, 0.1) is 0 Å². The Hall–Kier alpha value is -1.93. The summed E-state index contributed by atoms with van der Waals surface area (Å²) in [6.07, 6.45) is 3.05. The minimum atomic E-state index is -0.993. The van der Waals surface area contributed by atoms with Gasteiger partial charge in [0.2, 0.25) is 11.8 Å². The highest BCUT2D eigenvalue weighted by molar-refractivity contribution is 7.07. The van der Waals surface area contributed by atoms with Crippen molar-refractivity contribution >= 4 is 29.1 Å². The number of thiophene rings is 1. The molecule has 25 heavy (non-hydrogen) atoms. The SMILES string of the molecule is NCCCC(NC(=O)CCc1ccsc1)C(=O)N1CCCC1C(=O)O. The van der Waals surface area contributed by atoms with E-state index in [0.717, 1.165) is 5.56 Å². The van der Waals surface area contributed by atoms with Crippen LogP contribution in [-0.2, 0) is 20.8 Å². The number of carboxylic acids is 1. The number of nitrogens with one attached hydrogen (secondary N) is 1. The maximum Gasteiger partial charge on any atom is 0.326 e. The molecule has 0 bridgehead atoms. The van der Waals surface area contributed by atoms with Crippen LogP contribution in [0.3, 0.4) is 0 Å². The van der Waals surface area contributed by atoms with Gasteiger partial charge in [0.15, 0.2) is 0 Å². The summed E-state index contributed by atoms with van der Waals surface area (Å²) in [4.78, 5) is 37.7. The molecular formula is C17H25N3O4S. The lowest BCUT2D eigenvalue weighted by Gasteiger charge is -2.27. The minimum absolute atomic E-state index is 0.201. The summed E-state index contributed by atoms with van der Waals surface area (Å²) >= 11 is 1.58. The molecule has 0 saturated carbocycles. The van der Waals surface area contributed by atoms with Crippen molar-refractivity contribution in [3.63, 3.8) is 0 Å². The molecule has 1 aliphatic heterocycles. The highest BCUT2D eigenvalue weighted by Gasteiger charge is 2.37. The Kier molecular flexibility index (Phi) is 7.39. The Labute approximate surface area is 151 Å². The molecule has 4 N–H and O–H groups in total. The smallest absolute Gasteiger partial charge is 0.326 e. The topological polar surface area (TPSA) is 113 Å². The maximum atomic E-state index is 12.7. The van der Waals surface area contributed by atoms with Crippen LogP contribution >= 0.6 is 11.3 Å². The van der Waals surface area contributed by atoms with Crippen molar-refractivity contribution < 1.29 is 19.5 Å². The summed E-state index contributed by atoms with van der Waals surface area (Å²) < 4.78 is 0. The monoisotopic (exact) mass is 367 g/mol. The molecule has 2 heterocycles. The summed E-state index contributed by atoms with van der Waals surface area (Å²) in [5.74, 6) is -1.51. The van der Waals surface area contributed by atoms with E-state index in [1.807, 2.05) is 16.8 Å². The number of aliphatic carboxylic acids is 1. The van der Waals surface area contributed by atoms with Crippen LogP contribution in [0, 0.1) is 0 Å². The third-order valence-electron chi connectivity index (χ3n) is 4.37. The molecule has 138 valence electrons. The molecule has 1 fully saturated rings. The van der Waals surface area contributed by atoms with E-state index < -0.39 is 18.1 Å². The van der Waals surface area contributed by atoms with Gasteiger partial charge < -0.3 is 21.1 Å². The van der Waals surface area contributed by atoms with E-state index in [9.17, 15) is 19.5 Å². The third-order valence-corrected chi connectivity index (χ3v) is 5.10. The maximum absolute atomic E-state index is 12.7. The lowest BCUT2D eigenvalue weighted by molar-refractivity contribution is -0.149. The van der Waals surface area contributed by atoms with Crippen LogP contribution in [0.4, 0.5) is 0 Å². The first kappa shape index (κ1) is 19.4. The number of nitrogens with zero attached hydrogens (tertiary/aromatic N) is 1. The molecule has 1 aromatic heterocycles. The van der Waals surface area contributed by atoms with Crippen molar-refractivity contribution in [2.24, 2.45) is 5.73 Å². The van der Waals surface area contributed by atoms with Crippen LogP contribution in [0.25, 0.3) is 0 Å². The number of amides is 2. The molecule has 2 amide bonds. The van der Waals surface area contributed by atoms with Gasteiger partial charge in [-0.1, -0.05) is 0 Å². The van der Waals surface area contributed by atoms with E-state index in [1.165, 1.54) is 4.90 Å². The number of carbonyl (C=O) groups excluding carboxylic acids is 2. The Bertz CT molecular complexity index is 591. The van der Waals surface area contributed by atoms with Crippen LogP contribution in [0.15, 0.2) is 16.8 Å². The molecule has 1 saturated heterocycles. The Morgan fingerprint density at radius 3 is 2.88 bits per heavy atom. The zero-order valence-corrected chi connectivity index (χ0v) is 15.0. The fraction of sp³-hybridized carbons (Fsp3) is 0.588. The number of nitrogens with two attached hydrogens (primary N) is 1. The van der Waals surface area contributed by atoms with Crippen LogP contribution in [-0.4, -0.2) is 53.0 Å². The van der Waals surface area contributed by atoms with Gasteiger partial charge in [0.25, 0.3) is 0 Å². The van der Waals surface area contributed by atoms with Gasteiger partial charge in [-0.3, -0.25) is 9.59 Å². The number of likely N-dealkylation sites (tertiary alicyclic amines) is 1. The van der Waals surface area contributed by atoms with Gasteiger partial charge in [-0.25, -0.2) is 4.79 Å². The van der Waals surface area contributed by atoms with E-state index in [1.54, 1.807) is 11.3 Å². The van der Waals surface area contributed by atoms with Gasteiger partial charge in [0.1, 0.15) is 12.1 Å². The predicted octanol–water partition coefficient (Wildman–Crippen LogP) is 0.980. The average Bonchev–Trinajstić information content (AvgIpc) is 3.27. The lowest BCUT2D eigenvalue weighted by atomic mass is 10.1. The van der Waals surface area contributed by atoms with Crippen molar-refractivity contribution in [3.8, 4) is 0 Å². The van der Waals surface area contributed by atoms with Crippen molar-refractivity contribution in [1.29, 1.82) is 0 Å². The van der Waals surface area contributed by atoms with Crippen LogP contribution in [0.5, 0.6) is 0 Å². The zero-order valence-electron chi connectivity index (χ0n) is 14.1. The summed E-state index contributed by atoms with van der Waals surface area (Å²) in [6, 6.07) is 0.463. The van der Waals surface area contributed by atoms with Crippen LogP contribution in [0.2, 0.25) is 0 Å². The first-order valence-corrected chi connectivity index (χ1v) is 9.51. The number of carbonyl (C=O) groups is 3. The second kappa shape index (κ2) is 9.53. The standard InChI is InChI=1S/C17H25N3O4S/c18-8-1-3-13(16(22)20-9-2-4-14(20)17(23)24)19-15(21)6-5-12-7-10-25-11-12/h7,10-11,13-14H,1-6,8-9,18H2,(H,19,21)(H,23,24). The van der Waals surface area contributed by atoms with Crippen LogP contribution < -0.4 is 11.1 Å². The summed E-state index contributed by atoms with van der Waals surface area (Å²) in [7, 11) is 0. The summed E-state index contributed by atoms with van der Waals surface area (Å²) in [6.45, 7) is 0.830. The van der Waals surface area contributed by atoms with Crippen LogP contribution in [0.1, 0.15) is 37.7 Å². The van der Waals surface area contributed by atoms with E-state index in [0.29, 0.717) is 51.6 Å². The second-order valence-corrected chi connectivity index (χ2v) is 6.99. The molecule has 2 unspecified atom stereocenters. The third kappa shape index (κ3) is 5.54. The minimum Gasteiger partial charge on any atom is -0.480 e. The van der Waals surface area contributed by atoms with Gasteiger partial charge in [0, 0.05) is 13.0 Å². The summed E-state index contributed by atoms with van der Waals surface area (Å²) in [5.41, 5.74) is 6.62. The molecule has 1 aliphatic rings. The van der Waals surface area contributed by atoms with Gasteiger partial charge >= 0.3 is 5.97 Å². The number of hydrogen-bond acceptors (Lipinski definition) is 5. The molecule has 2 atom stereocenters. The Balaban J connectivity index is 1.95. The van der Waals surface area contributed by atoms with Gasteiger partial charge in [-0.2, -0.15) is 11.3 Å². The van der Waals surface area contributed by atoms with Gasteiger partial charge in [-0.05, 0) is 61.0 Å². The van der Waals surface area contributed by atoms with Crippen molar-refractivity contribution in [1.82, 2.24) is 10.2 Å². The Morgan fingerprint density at radius 2 is 2.24 bits per heavy atom. The predicted molar refractivity (Wildman–Crippen MR) is 95.2 cm³/mol. The molecule has 1 aromatic rings. The lowest BCUT2D eigenvalue weighted by Crippen LogP contribution is -2.51. The van der Waals surface area contributed by atoms with E-state index in [4.69, 9.17) is 5.73 Å². The molecule has 7 nitrogen and oxygen atoms in total. The Morgan fingerprint density at radius 1 is 1.44 bits per heavy atom. The van der Waals surface area contributed by atoms with Crippen molar-refractivity contribution in [3.05, 3.63) is 22.4 Å². The highest BCUT2D eigenvalue weighted by Crippen LogP contribution is 2.19. The van der Waals surface area contributed by atoms with E-state index in [2.05, 4.69) is 5.32 Å². The molecule has 0 radical (unpaired) electrons. The molecule has 0 aromatic carbocycles. The van der Waals surface area contributed by atoms with Crippen molar-refractivity contribution in [2.75, 3.05) is 13.1 Å². The summed E-state index contributed by atoms with van der Waals surface area (Å²) in [5, 5.41) is 16.0. The van der Waals surface area contributed by atoms with Gasteiger partial charge in [-0.15, -0.1) is 0 Å². The molecule has 0 spiro atoms. The molecular weight excluding hydrogens is 342 g/mol. The zero-order chi connectivity index (χ0) is 18.2. The van der Waals surface area contributed by atoms with E-state index >= 15 is 0 Å². The highest BCUT2D eigenvalue weighted by atomic mass is 32.1. The molecule has 0 aliphatic carbocycles. The first-order chi connectivity index (χ1) is 12.0. The average molecular weight is 367 g/mol. The normalized spacial score (nSPS) is 18.1. The number of aryl methyl sites for hydroxylation is 1. The van der Waals surface area contributed by atoms with Crippen molar-refractivity contribution in [2.45, 2.75) is 50.6 Å². The largest absolute Gasteiger partial charge is 0.480 e. The fourth-order valence-electron chi connectivity index (χ4n) is 3.03. The number of hydrogen-bond donors (Lipinski definition) is 3.